The number of hydrogen-bond donors (Lipinski definition) is 3. The van der Waals surface area contributed by atoms with Gasteiger partial charge in [0.25, 0.3) is 5.91 Å². The number of pyridine rings is 1. The lowest BCUT2D eigenvalue weighted by Crippen LogP contribution is -2.34. The van der Waals surface area contributed by atoms with Gasteiger partial charge in [0.15, 0.2) is 0 Å². The van der Waals surface area contributed by atoms with E-state index in [1.807, 2.05) is 20.8 Å². The summed E-state index contributed by atoms with van der Waals surface area (Å²) in [6.07, 6.45) is 0.843. The minimum Gasteiger partial charge on any atom is -0.395 e. The molecular weight excluding hydrogens is 256 g/mol. The molecule has 4 N–H and O–H groups in total. The number of hydrazine groups is 1. The summed E-state index contributed by atoms with van der Waals surface area (Å²) >= 11 is 0. The largest absolute Gasteiger partial charge is 0.395 e. The summed E-state index contributed by atoms with van der Waals surface area (Å²) in [5.41, 5.74) is 3.84. The van der Waals surface area contributed by atoms with Crippen molar-refractivity contribution in [3.63, 3.8) is 0 Å². The van der Waals surface area contributed by atoms with Crippen molar-refractivity contribution in [2.45, 2.75) is 33.1 Å². The van der Waals surface area contributed by atoms with Gasteiger partial charge in [-0.25, -0.2) is 10.8 Å². The minimum atomic E-state index is -0.110. The molecule has 0 aliphatic carbocycles. The van der Waals surface area contributed by atoms with Gasteiger partial charge in [-0.2, -0.15) is 0 Å². The Morgan fingerprint density at radius 3 is 2.65 bits per heavy atom. The summed E-state index contributed by atoms with van der Waals surface area (Å²) in [4.78, 5) is 18.5. The lowest BCUT2D eigenvalue weighted by molar-refractivity contribution is 0.0722. The predicted octanol–water partition coefficient (Wildman–Crippen LogP) is 1.34. The van der Waals surface area contributed by atoms with Crippen LogP contribution >= 0.6 is 0 Å². The second-order valence-electron chi connectivity index (χ2n) is 4.98. The Morgan fingerprint density at radius 2 is 2.15 bits per heavy atom. The van der Waals surface area contributed by atoms with E-state index < -0.39 is 0 Å². The van der Waals surface area contributed by atoms with Gasteiger partial charge >= 0.3 is 0 Å². The predicted molar refractivity (Wildman–Crippen MR) is 79.4 cm³/mol. The molecule has 0 radical (unpaired) electrons. The number of hydrogen-bond acceptors (Lipinski definition) is 5. The van der Waals surface area contributed by atoms with E-state index in [1.54, 1.807) is 17.0 Å². The van der Waals surface area contributed by atoms with Crippen molar-refractivity contribution in [2.24, 2.45) is 5.84 Å². The first kappa shape index (κ1) is 16.4. The van der Waals surface area contributed by atoms with Gasteiger partial charge < -0.3 is 15.4 Å². The zero-order chi connectivity index (χ0) is 15.1. The number of nitrogens with zero attached hydrogens (tertiary/aromatic N) is 2. The van der Waals surface area contributed by atoms with Gasteiger partial charge in [0.1, 0.15) is 5.82 Å². The monoisotopic (exact) mass is 280 g/mol. The summed E-state index contributed by atoms with van der Waals surface area (Å²) in [6.45, 7) is 6.91. The number of nitrogens with two attached hydrogens (primary N) is 1. The third kappa shape index (κ3) is 4.18. The van der Waals surface area contributed by atoms with Gasteiger partial charge in [-0.15, -0.1) is 0 Å². The molecule has 0 atom stereocenters. The maximum Gasteiger partial charge on any atom is 0.254 e. The van der Waals surface area contributed by atoms with Crippen LogP contribution in [0.5, 0.6) is 0 Å². The van der Waals surface area contributed by atoms with Crippen molar-refractivity contribution < 1.29 is 9.90 Å². The van der Waals surface area contributed by atoms with Crippen LogP contribution in [0.15, 0.2) is 12.1 Å². The quantitative estimate of drug-likeness (QED) is 0.518. The molecule has 0 aliphatic heterocycles. The highest BCUT2D eigenvalue weighted by atomic mass is 16.3. The SMILES string of the molecule is CCCN(CCO)C(=O)c1cc(NN)nc(C(C)C)c1. The molecular formula is C14H24N4O2. The van der Waals surface area contributed by atoms with Crippen LogP contribution in [0.3, 0.4) is 0 Å². The molecule has 6 nitrogen and oxygen atoms in total. The Labute approximate surface area is 120 Å². The number of rotatable bonds is 7. The summed E-state index contributed by atoms with van der Waals surface area (Å²) in [5, 5.41) is 9.06. The first-order valence-corrected chi connectivity index (χ1v) is 6.92. The van der Waals surface area contributed by atoms with Crippen LogP contribution in [-0.4, -0.2) is 40.6 Å². The molecule has 0 saturated carbocycles. The number of aromatic nitrogens is 1. The van der Waals surface area contributed by atoms with Crippen LogP contribution in [0.4, 0.5) is 5.82 Å². The fraction of sp³-hybridized carbons (Fsp3) is 0.571. The second-order valence-corrected chi connectivity index (χ2v) is 4.98. The van der Waals surface area contributed by atoms with Crippen LogP contribution in [0.25, 0.3) is 0 Å². The summed E-state index contributed by atoms with van der Waals surface area (Å²) in [5.74, 6) is 5.97. The molecule has 1 rings (SSSR count). The smallest absolute Gasteiger partial charge is 0.254 e. The zero-order valence-electron chi connectivity index (χ0n) is 12.4. The van der Waals surface area contributed by atoms with E-state index in [0.717, 1.165) is 12.1 Å². The van der Waals surface area contributed by atoms with Gasteiger partial charge in [0.2, 0.25) is 0 Å². The average molecular weight is 280 g/mol. The molecule has 0 unspecified atom stereocenters. The maximum atomic E-state index is 12.5. The average Bonchev–Trinajstić information content (AvgIpc) is 2.45. The number of carbonyl (C=O) groups excluding carboxylic acids is 1. The van der Waals surface area contributed by atoms with Crippen molar-refractivity contribution in [1.29, 1.82) is 0 Å². The molecule has 20 heavy (non-hydrogen) atoms. The number of anilines is 1. The van der Waals surface area contributed by atoms with Crippen LogP contribution in [-0.2, 0) is 0 Å². The lowest BCUT2D eigenvalue weighted by Gasteiger charge is -2.22. The van der Waals surface area contributed by atoms with Crippen molar-refractivity contribution in [1.82, 2.24) is 9.88 Å². The Bertz CT molecular complexity index is 443. The lowest BCUT2D eigenvalue weighted by atomic mass is 10.1. The normalized spacial score (nSPS) is 10.7. The first-order valence-electron chi connectivity index (χ1n) is 6.92. The Kier molecular flexibility index (Phi) is 6.41. The number of nitrogens with one attached hydrogen (secondary N) is 1. The Balaban J connectivity index is 3.09. The van der Waals surface area contributed by atoms with Crippen molar-refractivity contribution in [3.05, 3.63) is 23.4 Å². The minimum absolute atomic E-state index is 0.0458. The fourth-order valence-electron chi connectivity index (χ4n) is 1.93. The number of aliphatic hydroxyl groups excluding tert-OH is 1. The van der Waals surface area contributed by atoms with Gasteiger partial charge in [-0.05, 0) is 24.5 Å². The van der Waals surface area contributed by atoms with E-state index in [1.165, 1.54) is 0 Å². The second kappa shape index (κ2) is 7.81. The molecule has 0 aromatic carbocycles. The highest BCUT2D eigenvalue weighted by Crippen LogP contribution is 2.18. The number of aliphatic hydroxyl groups is 1. The van der Waals surface area contributed by atoms with E-state index in [-0.39, 0.29) is 18.4 Å². The highest BCUT2D eigenvalue weighted by molar-refractivity contribution is 5.95. The summed E-state index contributed by atoms with van der Waals surface area (Å²) in [6, 6.07) is 3.42. The Hall–Kier alpha value is -1.66. The molecule has 1 aromatic heterocycles. The molecule has 1 heterocycles. The zero-order valence-corrected chi connectivity index (χ0v) is 12.4. The van der Waals surface area contributed by atoms with Crippen molar-refractivity contribution in [2.75, 3.05) is 25.1 Å². The van der Waals surface area contributed by atoms with Crippen LogP contribution in [0.2, 0.25) is 0 Å². The standard InChI is InChI=1S/C14H24N4O2/c1-4-5-18(6-7-19)14(20)11-8-12(10(2)3)16-13(9-11)17-15/h8-10,19H,4-7,15H2,1-3H3,(H,16,17). The van der Waals surface area contributed by atoms with Crippen molar-refractivity contribution in [3.8, 4) is 0 Å². The Morgan fingerprint density at radius 1 is 1.45 bits per heavy atom. The molecule has 0 fully saturated rings. The van der Waals surface area contributed by atoms with E-state index in [4.69, 9.17) is 10.9 Å². The van der Waals surface area contributed by atoms with Gasteiger partial charge in [0.05, 0.1) is 6.61 Å². The molecule has 1 amide bonds. The van der Waals surface area contributed by atoms with Crippen molar-refractivity contribution >= 4 is 11.7 Å². The summed E-state index contributed by atoms with van der Waals surface area (Å²) < 4.78 is 0. The molecule has 0 aliphatic rings. The van der Waals surface area contributed by atoms with E-state index in [9.17, 15) is 4.79 Å². The number of carbonyl (C=O) groups is 1. The fourth-order valence-corrected chi connectivity index (χ4v) is 1.93. The van der Waals surface area contributed by atoms with E-state index >= 15 is 0 Å². The van der Waals surface area contributed by atoms with Crippen LogP contribution in [0.1, 0.15) is 49.2 Å². The van der Waals surface area contributed by atoms with Crippen LogP contribution < -0.4 is 11.3 Å². The third-order valence-corrected chi connectivity index (χ3v) is 2.98. The molecule has 0 spiro atoms. The van der Waals surface area contributed by atoms with Gasteiger partial charge in [-0.3, -0.25) is 4.79 Å². The number of amides is 1. The van der Waals surface area contributed by atoms with Gasteiger partial charge in [-0.1, -0.05) is 20.8 Å². The first-order chi connectivity index (χ1) is 9.53. The molecule has 6 heteroatoms. The molecule has 1 aromatic rings. The van der Waals surface area contributed by atoms with E-state index in [0.29, 0.717) is 24.5 Å². The number of nitrogen functional groups attached to an aromatic ring is 1. The van der Waals surface area contributed by atoms with Gasteiger partial charge in [0, 0.05) is 24.3 Å². The molecule has 112 valence electrons. The highest BCUT2D eigenvalue weighted by Gasteiger charge is 2.17. The summed E-state index contributed by atoms with van der Waals surface area (Å²) in [7, 11) is 0. The van der Waals surface area contributed by atoms with Crippen LogP contribution in [0, 0.1) is 0 Å². The third-order valence-electron chi connectivity index (χ3n) is 2.98. The molecule has 0 saturated heterocycles. The molecule has 0 bridgehead atoms. The van der Waals surface area contributed by atoms with E-state index in [2.05, 4.69) is 10.4 Å². The topological polar surface area (TPSA) is 91.5 Å². The maximum absolute atomic E-state index is 12.5.